The van der Waals surface area contributed by atoms with Crippen LogP contribution in [0, 0.1) is 17.8 Å². The molecule has 114 valence electrons. The zero-order valence-electron chi connectivity index (χ0n) is 13.2. The van der Waals surface area contributed by atoms with E-state index in [1.165, 1.54) is 70.8 Å². The minimum absolute atomic E-state index is 0.853. The lowest BCUT2D eigenvalue weighted by molar-refractivity contribution is 0.128. The van der Waals surface area contributed by atoms with Crippen LogP contribution in [0.1, 0.15) is 64.2 Å². The van der Waals surface area contributed by atoms with Crippen molar-refractivity contribution in [3.05, 3.63) is 0 Å². The van der Waals surface area contributed by atoms with Crippen LogP contribution in [0.4, 0.5) is 0 Å². The van der Waals surface area contributed by atoms with Crippen molar-refractivity contribution in [1.29, 1.82) is 0 Å². The summed E-state index contributed by atoms with van der Waals surface area (Å²) < 4.78 is 0. The summed E-state index contributed by atoms with van der Waals surface area (Å²) in [7, 11) is 2.35. The van der Waals surface area contributed by atoms with E-state index in [1.54, 1.807) is 0 Å². The fraction of sp³-hybridized carbons (Fsp3) is 1.00. The minimum atomic E-state index is 0.853. The van der Waals surface area contributed by atoms with Crippen LogP contribution in [-0.4, -0.2) is 36.6 Å². The summed E-state index contributed by atoms with van der Waals surface area (Å²) in [6.45, 7) is 1.31. The molecule has 0 radical (unpaired) electrons. The third kappa shape index (κ3) is 2.78. The third-order valence-corrected chi connectivity index (χ3v) is 6.89. The largest absolute Gasteiger partial charge is 0.314 e. The number of hydrogen-bond acceptors (Lipinski definition) is 2. The van der Waals surface area contributed by atoms with Crippen LogP contribution in [-0.2, 0) is 0 Å². The highest BCUT2D eigenvalue weighted by Crippen LogP contribution is 2.44. The summed E-state index contributed by atoms with van der Waals surface area (Å²) in [5.74, 6) is 3.17. The molecule has 0 spiro atoms. The highest BCUT2D eigenvalue weighted by molar-refractivity contribution is 4.94. The van der Waals surface area contributed by atoms with Gasteiger partial charge in [0.15, 0.2) is 0 Å². The lowest BCUT2D eigenvalue weighted by atomic mass is 9.82. The smallest absolute Gasteiger partial charge is 0.00988 e. The first kappa shape index (κ1) is 13.6. The van der Waals surface area contributed by atoms with Crippen molar-refractivity contribution in [1.82, 2.24) is 10.2 Å². The van der Waals surface area contributed by atoms with Gasteiger partial charge in [0.1, 0.15) is 0 Å². The van der Waals surface area contributed by atoms with Gasteiger partial charge in [0.2, 0.25) is 0 Å². The zero-order valence-corrected chi connectivity index (χ0v) is 13.2. The lowest BCUT2D eigenvalue weighted by Crippen LogP contribution is -2.44. The molecule has 2 heterocycles. The average Bonchev–Trinajstić information content (AvgIpc) is 3.28. The normalized spacial score (nSPS) is 45.8. The molecule has 2 aliphatic heterocycles. The van der Waals surface area contributed by atoms with E-state index < -0.39 is 0 Å². The number of fused-ring (bicyclic) bond motifs is 2. The molecule has 2 bridgehead atoms. The van der Waals surface area contributed by atoms with Gasteiger partial charge in [0.05, 0.1) is 0 Å². The summed E-state index contributed by atoms with van der Waals surface area (Å²) >= 11 is 0. The molecule has 4 fully saturated rings. The van der Waals surface area contributed by atoms with Gasteiger partial charge in [0.25, 0.3) is 0 Å². The molecule has 2 heteroatoms. The lowest BCUT2D eigenvalue weighted by Gasteiger charge is -2.38. The topological polar surface area (TPSA) is 15.3 Å². The molecule has 20 heavy (non-hydrogen) atoms. The molecule has 4 atom stereocenters. The Morgan fingerprint density at radius 2 is 1.60 bits per heavy atom. The van der Waals surface area contributed by atoms with Crippen LogP contribution in [0.2, 0.25) is 0 Å². The average molecular weight is 276 g/mol. The molecular weight excluding hydrogens is 244 g/mol. The van der Waals surface area contributed by atoms with E-state index in [0.717, 1.165) is 35.9 Å². The molecule has 0 amide bonds. The molecule has 0 aromatic heterocycles. The van der Waals surface area contributed by atoms with Crippen molar-refractivity contribution in [2.75, 3.05) is 13.6 Å². The Labute approximate surface area is 124 Å². The van der Waals surface area contributed by atoms with Gasteiger partial charge in [-0.2, -0.15) is 0 Å². The van der Waals surface area contributed by atoms with Crippen LogP contribution < -0.4 is 5.32 Å². The summed E-state index contributed by atoms with van der Waals surface area (Å²) in [5, 5.41) is 3.97. The Morgan fingerprint density at radius 1 is 0.850 bits per heavy atom. The Hall–Kier alpha value is -0.0800. The van der Waals surface area contributed by atoms with Crippen molar-refractivity contribution in [2.24, 2.45) is 17.8 Å². The maximum atomic E-state index is 3.97. The molecule has 0 aromatic carbocycles. The van der Waals surface area contributed by atoms with Gasteiger partial charge in [-0.25, -0.2) is 0 Å². The highest BCUT2D eigenvalue weighted by atomic mass is 15.2. The number of nitrogens with zero attached hydrogens (tertiary/aromatic N) is 1. The molecule has 2 nitrogen and oxygen atoms in total. The predicted octanol–water partition coefficient (Wildman–Crippen LogP) is 3.42. The van der Waals surface area contributed by atoms with Gasteiger partial charge in [-0.15, -0.1) is 0 Å². The van der Waals surface area contributed by atoms with Crippen molar-refractivity contribution >= 4 is 0 Å². The minimum Gasteiger partial charge on any atom is -0.314 e. The van der Waals surface area contributed by atoms with Crippen molar-refractivity contribution in [3.8, 4) is 0 Å². The van der Waals surface area contributed by atoms with Gasteiger partial charge in [0, 0.05) is 18.1 Å². The Morgan fingerprint density at radius 3 is 2.30 bits per heavy atom. The summed E-state index contributed by atoms with van der Waals surface area (Å²) in [5.41, 5.74) is 0. The van der Waals surface area contributed by atoms with Gasteiger partial charge >= 0.3 is 0 Å². The predicted molar refractivity (Wildman–Crippen MR) is 83.8 cm³/mol. The van der Waals surface area contributed by atoms with Crippen LogP contribution in [0.15, 0.2) is 0 Å². The zero-order chi connectivity index (χ0) is 13.5. The second-order valence-corrected chi connectivity index (χ2v) is 8.26. The van der Waals surface area contributed by atoms with Crippen LogP contribution in [0.25, 0.3) is 0 Å². The first-order valence-corrected chi connectivity index (χ1v) is 9.25. The van der Waals surface area contributed by atoms with Gasteiger partial charge in [-0.1, -0.05) is 12.8 Å². The SMILES string of the molecule is CN1C2CCC1CC(CNC1CCCC(C3CC3)C1)C2. The second kappa shape index (κ2) is 5.61. The van der Waals surface area contributed by atoms with E-state index in [0.29, 0.717) is 0 Å². The first-order valence-electron chi connectivity index (χ1n) is 9.25. The quantitative estimate of drug-likeness (QED) is 0.846. The summed E-state index contributed by atoms with van der Waals surface area (Å²) in [6.07, 6.45) is 14.9. The third-order valence-electron chi connectivity index (χ3n) is 6.89. The van der Waals surface area contributed by atoms with Gasteiger partial charge in [-0.3, -0.25) is 0 Å². The van der Waals surface area contributed by atoms with E-state index in [4.69, 9.17) is 0 Å². The molecule has 2 aliphatic carbocycles. The van der Waals surface area contributed by atoms with E-state index in [1.807, 2.05) is 0 Å². The molecule has 4 rings (SSSR count). The molecular formula is C18H32N2. The summed E-state index contributed by atoms with van der Waals surface area (Å²) in [4.78, 5) is 2.67. The molecule has 4 aliphatic rings. The van der Waals surface area contributed by atoms with Crippen molar-refractivity contribution in [2.45, 2.75) is 82.3 Å². The number of nitrogens with one attached hydrogen (secondary N) is 1. The van der Waals surface area contributed by atoms with Crippen LogP contribution in [0.3, 0.4) is 0 Å². The Balaban J connectivity index is 1.24. The van der Waals surface area contributed by atoms with Crippen LogP contribution >= 0.6 is 0 Å². The molecule has 1 N–H and O–H groups in total. The monoisotopic (exact) mass is 276 g/mol. The van der Waals surface area contributed by atoms with Gasteiger partial charge < -0.3 is 10.2 Å². The van der Waals surface area contributed by atoms with Crippen molar-refractivity contribution in [3.63, 3.8) is 0 Å². The van der Waals surface area contributed by atoms with E-state index in [2.05, 4.69) is 17.3 Å². The fourth-order valence-corrected chi connectivity index (χ4v) is 5.43. The van der Waals surface area contributed by atoms with E-state index in [-0.39, 0.29) is 0 Å². The van der Waals surface area contributed by atoms with Crippen LogP contribution in [0.5, 0.6) is 0 Å². The number of piperidine rings is 1. The maximum Gasteiger partial charge on any atom is 0.00988 e. The molecule has 2 saturated carbocycles. The summed E-state index contributed by atoms with van der Waals surface area (Å²) in [6, 6.07) is 2.67. The van der Waals surface area contributed by atoms with Crippen molar-refractivity contribution < 1.29 is 0 Å². The van der Waals surface area contributed by atoms with Gasteiger partial charge in [-0.05, 0) is 82.7 Å². The number of rotatable bonds is 4. The Kier molecular flexibility index (Phi) is 3.80. The molecule has 2 saturated heterocycles. The maximum absolute atomic E-state index is 3.97. The standard InChI is InChI=1S/C18H32N2/c1-20-17-7-8-18(20)10-13(9-17)12-19-16-4-2-3-15(11-16)14-5-6-14/h13-19H,2-12H2,1H3. The fourth-order valence-electron chi connectivity index (χ4n) is 5.43. The Bertz CT molecular complexity index is 324. The highest BCUT2D eigenvalue weighted by Gasteiger charge is 2.39. The van der Waals surface area contributed by atoms with E-state index >= 15 is 0 Å². The first-order chi connectivity index (χ1) is 9.79. The number of hydrogen-bond donors (Lipinski definition) is 1. The molecule has 0 aromatic rings. The second-order valence-electron chi connectivity index (χ2n) is 8.26. The molecule has 4 unspecified atom stereocenters. The van der Waals surface area contributed by atoms with E-state index in [9.17, 15) is 0 Å².